The molecule has 0 aromatic carbocycles. The molecule has 0 saturated heterocycles. The Hall–Kier alpha value is -1.12. The first-order valence-corrected chi connectivity index (χ1v) is 2.19. The van der Waals surface area contributed by atoms with E-state index in [4.69, 9.17) is 5.41 Å². The monoisotopic (exact) mass is 112 g/mol. The van der Waals surface area contributed by atoms with Gasteiger partial charge in [-0.05, 0) is 6.08 Å². The van der Waals surface area contributed by atoms with E-state index in [0.717, 1.165) is 6.21 Å². The van der Waals surface area contributed by atoms with Crippen LogP contribution in [0.2, 0.25) is 0 Å². The van der Waals surface area contributed by atoms with Gasteiger partial charge in [-0.3, -0.25) is 4.79 Å². The second-order valence-corrected chi connectivity index (χ2v) is 1.16. The number of likely N-dealkylation sites (N-methyl/N-ethyl adjacent to an activating group) is 1. The minimum Gasteiger partial charge on any atom is -0.385 e. The lowest BCUT2D eigenvalue weighted by molar-refractivity contribution is -0.105. The lowest BCUT2D eigenvalue weighted by atomic mass is 10.4. The van der Waals surface area contributed by atoms with Crippen molar-refractivity contribution in [2.75, 3.05) is 7.05 Å². The summed E-state index contributed by atoms with van der Waals surface area (Å²) in [6, 6.07) is 0. The number of aldehydes is 1. The molecule has 0 atom stereocenters. The molecular formula is C5H8N2O. The molecule has 0 fully saturated rings. The standard InChI is InChI=1S/C5H8N2O/c1-7-5(4-8)2-3-6/h2-4,6-7H,1H3/b5-2-,6-3?. The number of rotatable bonds is 3. The third kappa shape index (κ3) is 2.12. The van der Waals surface area contributed by atoms with E-state index < -0.39 is 0 Å². The number of hydrogen-bond acceptors (Lipinski definition) is 3. The fourth-order valence-electron chi connectivity index (χ4n) is 0.271. The molecule has 0 aromatic heterocycles. The molecule has 0 aliphatic rings. The second-order valence-electron chi connectivity index (χ2n) is 1.16. The van der Waals surface area contributed by atoms with Crippen LogP contribution in [0.15, 0.2) is 11.8 Å². The zero-order valence-corrected chi connectivity index (χ0v) is 4.64. The van der Waals surface area contributed by atoms with Crippen LogP contribution in [0.4, 0.5) is 0 Å². The molecule has 0 bridgehead atoms. The Morgan fingerprint density at radius 2 is 2.38 bits per heavy atom. The van der Waals surface area contributed by atoms with E-state index in [1.165, 1.54) is 6.08 Å². The van der Waals surface area contributed by atoms with Crippen molar-refractivity contribution in [1.29, 1.82) is 5.41 Å². The van der Waals surface area contributed by atoms with Gasteiger partial charge in [0.1, 0.15) is 0 Å². The molecule has 44 valence electrons. The van der Waals surface area contributed by atoms with Crippen LogP contribution in [-0.4, -0.2) is 19.5 Å². The molecule has 2 N–H and O–H groups in total. The Kier molecular flexibility index (Phi) is 3.48. The number of nitrogens with one attached hydrogen (secondary N) is 2. The summed E-state index contributed by atoms with van der Waals surface area (Å²) in [5.41, 5.74) is 0.417. The van der Waals surface area contributed by atoms with Crippen LogP contribution in [0.3, 0.4) is 0 Å². The molecule has 0 rings (SSSR count). The van der Waals surface area contributed by atoms with Crippen molar-refractivity contribution in [3.63, 3.8) is 0 Å². The summed E-state index contributed by atoms with van der Waals surface area (Å²) < 4.78 is 0. The Morgan fingerprint density at radius 1 is 1.75 bits per heavy atom. The predicted octanol–water partition coefficient (Wildman–Crippen LogP) is -0.0618. The van der Waals surface area contributed by atoms with E-state index in [0.29, 0.717) is 12.0 Å². The smallest absolute Gasteiger partial charge is 0.165 e. The molecule has 0 unspecified atom stereocenters. The van der Waals surface area contributed by atoms with E-state index in [1.54, 1.807) is 7.05 Å². The number of allylic oxidation sites excluding steroid dienone is 2. The van der Waals surface area contributed by atoms with Crippen molar-refractivity contribution in [2.24, 2.45) is 0 Å². The Bertz CT molecular complexity index is 118. The molecule has 3 nitrogen and oxygen atoms in total. The van der Waals surface area contributed by atoms with Crippen molar-refractivity contribution in [3.8, 4) is 0 Å². The maximum absolute atomic E-state index is 9.89. The summed E-state index contributed by atoms with van der Waals surface area (Å²) >= 11 is 0. The zero-order valence-electron chi connectivity index (χ0n) is 4.64. The van der Waals surface area contributed by atoms with Crippen molar-refractivity contribution in [3.05, 3.63) is 11.8 Å². The van der Waals surface area contributed by atoms with E-state index in [9.17, 15) is 4.79 Å². The van der Waals surface area contributed by atoms with Crippen LogP contribution >= 0.6 is 0 Å². The molecule has 0 saturated carbocycles. The highest BCUT2D eigenvalue weighted by Crippen LogP contribution is 1.74. The minimum atomic E-state index is 0.417. The van der Waals surface area contributed by atoms with Gasteiger partial charge in [-0.1, -0.05) is 0 Å². The van der Waals surface area contributed by atoms with Crippen LogP contribution < -0.4 is 5.32 Å². The first kappa shape index (κ1) is 6.88. The highest BCUT2D eigenvalue weighted by atomic mass is 16.1. The van der Waals surface area contributed by atoms with Gasteiger partial charge in [0, 0.05) is 13.3 Å². The van der Waals surface area contributed by atoms with Gasteiger partial charge in [-0.2, -0.15) is 0 Å². The predicted molar refractivity (Wildman–Crippen MR) is 32.0 cm³/mol. The molecule has 0 aliphatic heterocycles. The van der Waals surface area contributed by atoms with Gasteiger partial charge < -0.3 is 10.7 Å². The van der Waals surface area contributed by atoms with Gasteiger partial charge in [0.15, 0.2) is 6.29 Å². The average Bonchev–Trinajstić information content (AvgIpc) is 1.83. The summed E-state index contributed by atoms with van der Waals surface area (Å²) in [7, 11) is 1.63. The number of hydrogen-bond donors (Lipinski definition) is 2. The normalized spacial score (nSPS) is 10.4. The highest BCUT2D eigenvalue weighted by Gasteiger charge is 1.82. The van der Waals surface area contributed by atoms with Crippen LogP contribution in [0.5, 0.6) is 0 Å². The molecule has 3 heteroatoms. The third-order valence-corrected chi connectivity index (χ3v) is 0.679. The van der Waals surface area contributed by atoms with E-state index in [1.807, 2.05) is 0 Å². The summed E-state index contributed by atoms with van der Waals surface area (Å²) in [4.78, 5) is 9.89. The van der Waals surface area contributed by atoms with Crippen molar-refractivity contribution < 1.29 is 4.79 Å². The lowest BCUT2D eigenvalue weighted by Crippen LogP contribution is -2.06. The van der Waals surface area contributed by atoms with Crippen LogP contribution in [0, 0.1) is 5.41 Å². The van der Waals surface area contributed by atoms with Gasteiger partial charge in [-0.25, -0.2) is 0 Å². The quantitative estimate of drug-likeness (QED) is 0.305. The lowest BCUT2D eigenvalue weighted by Gasteiger charge is -1.90. The Labute approximate surface area is 47.9 Å². The molecule has 0 amide bonds. The van der Waals surface area contributed by atoms with Crippen molar-refractivity contribution in [2.45, 2.75) is 0 Å². The van der Waals surface area contributed by atoms with Gasteiger partial charge >= 0.3 is 0 Å². The fraction of sp³-hybridized carbons (Fsp3) is 0.200. The maximum Gasteiger partial charge on any atom is 0.165 e. The SMILES string of the molecule is CN/C(C=O)=C\C=N. The largest absolute Gasteiger partial charge is 0.385 e. The van der Waals surface area contributed by atoms with Gasteiger partial charge in [0.25, 0.3) is 0 Å². The van der Waals surface area contributed by atoms with E-state index >= 15 is 0 Å². The minimum absolute atomic E-state index is 0.417. The maximum atomic E-state index is 9.89. The highest BCUT2D eigenvalue weighted by molar-refractivity contribution is 5.81. The first-order chi connectivity index (χ1) is 3.85. The first-order valence-electron chi connectivity index (χ1n) is 2.19. The van der Waals surface area contributed by atoms with E-state index in [-0.39, 0.29) is 0 Å². The van der Waals surface area contributed by atoms with Crippen LogP contribution in [-0.2, 0) is 4.79 Å². The number of carbonyl (C=O) groups is 1. The van der Waals surface area contributed by atoms with Gasteiger partial charge in [0.05, 0.1) is 5.70 Å². The van der Waals surface area contributed by atoms with E-state index in [2.05, 4.69) is 5.32 Å². The van der Waals surface area contributed by atoms with Crippen LogP contribution in [0.25, 0.3) is 0 Å². The zero-order chi connectivity index (χ0) is 6.41. The molecular weight excluding hydrogens is 104 g/mol. The number of carbonyl (C=O) groups excluding carboxylic acids is 1. The fourth-order valence-corrected chi connectivity index (χ4v) is 0.271. The van der Waals surface area contributed by atoms with Crippen LogP contribution in [0.1, 0.15) is 0 Å². The van der Waals surface area contributed by atoms with Crippen molar-refractivity contribution >= 4 is 12.5 Å². The third-order valence-electron chi connectivity index (χ3n) is 0.679. The second kappa shape index (κ2) is 4.05. The summed E-state index contributed by atoms with van der Waals surface area (Å²) in [6.45, 7) is 0. The molecule has 8 heavy (non-hydrogen) atoms. The Balaban J connectivity index is 3.84. The topological polar surface area (TPSA) is 53.0 Å². The van der Waals surface area contributed by atoms with Crippen molar-refractivity contribution in [1.82, 2.24) is 5.32 Å². The van der Waals surface area contributed by atoms with Gasteiger partial charge in [0.2, 0.25) is 0 Å². The summed E-state index contributed by atoms with van der Waals surface area (Å²) in [6.07, 6.45) is 3.10. The molecule has 0 spiro atoms. The molecule has 0 aromatic rings. The molecule has 0 radical (unpaired) electrons. The molecule has 0 heterocycles. The summed E-state index contributed by atoms with van der Waals surface area (Å²) in [5.74, 6) is 0. The summed E-state index contributed by atoms with van der Waals surface area (Å²) in [5, 5.41) is 9.13. The average molecular weight is 112 g/mol. The Morgan fingerprint density at radius 3 is 2.50 bits per heavy atom. The molecule has 0 aliphatic carbocycles. The van der Waals surface area contributed by atoms with Gasteiger partial charge in [-0.15, -0.1) is 0 Å².